The molecule has 8 nitrogen and oxygen atoms in total. The fourth-order valence-electron chi connectivity index (χ4n) is 4.46. The van der Waals surface area contributed by atoms with Gasteiger partial charge in [0.15, 0.2) is 0 Å². The van der Waals surface area contributed by atoms with Gasteiger partial charge in [-0.15, -0.1) is 0 Å². The summed E-state index contributed by atoms with van der Waals surface area (Å²) in [6, 6.07) is -0.452. The molecule has 2 saturated heterocycles. The second kappa shape index (κ2) is 16.5. The van der Waals surface area contributed by atoms with Crippen LogP contribution in [0.1, 0.15) is 109 Å². The monoisotopic (exact) mass is 464 g/mol. The maximum atomic E-state index is 12.1. The number of hydrogen-bond acceptors (Lipinski definition) is 4. The molecule has 0 aromatic rings. The summed E-state index contributed by atoms with van der Waals surface area (Å²) in [7, 11) is 0. The zero-order valence-electron chi connectivity index (χ0n) is 20.4. The molecule has 0 bridgehead atoms. The summed E-state index contributed by atoms with van der Waals surface area (Å²) in [6.45, 7) is 2.37. The van der Waals surface area contributed by atoms with E-state index < -0.39 is 0 Å². The Labute approximate surface area is 199 Å². The second-order valence-corrected chi connectivity index (χ2v) is 9.36. The molecule has 2 aliphatic heterocycles. The number of carbonyl (C=O) groups excluding carboxylic acids is 4. The van der Waals surface area contributed by atoms with Crippen molar-refractivity contribution in [1.82, 2.24) is 20.4 Å². The molecular weight excluding hydrogens is 420 g/mol. The normalized spacial score (nSPS) is 17.5. The van der Waals surface area contributed by atoms with Crippen molar-refractivity contribution >= 4 is 23.9 Å². The number of hydrogen-bond donors (Lipinski definition) is 2. The summed E-state index contributed by atoms with van der Waals surface area (Å²) in [6.07, 6.45) is 16.6. The first-order valence-electron chi connectivity index (χ1n) is 13.3. The fourth-order valence-corrected chi connectivity index (χ4v) is 4.46. The zero-order valence-corrected chi connectivity index (χ0v) is 20.4. The highest BCUT2D eigenvalue weighted by Gasteiger charge is 2.23. The van der Waals surface area contributed by atoms with Gasteiger partial charge in [0, 0.05) is 39.0 Å². The summed E-state index contributed by atoms with van der Waals surface area (Å²) in [5, 5.41) is 5.78. The standard InChI is InChI=1S/C25H44N4O4/c30-22-16-10-8-14-20-28(22)24(32)26-18-12-6-4-2-1-3-5-7-13-19-27-25(33)29-21-15-9-11-17-23(29)31/h1-21H2,(H,26,32)(H,27,33). The van der Waals surface area contributed by atoms with Crippen LogP contribution in [0.4, 0.5) is 9.59 Å². The summed E-state index contributed by atoms with van der Waals surface area (Å²) in [5.74, 6) is -0.0835. The van der Waals surface area contributed by atoms with Crippen LogP contribution in [0.5, 0.6) is 0 Å². The van der Waals surface area contributed by atoms with Crippen molar-refractivity contribution in [3.8, 4) is 0 Å². The van der Waals surface area contributed by atoms with Gasteiger partial charge in [-0.05, 0) is 38.5 Å². The lowest BCUT2D eigenvalue weighted by atomic mass is 10.1. The highest BCUT2D eigenvalue weighted by molar-refractivity contribution is 5.95. The molecule has 0 aromatic carbocycles. The third-order valence-electron chi connectivity index (χ3n) is 6.54. The lowest BCUT2D eigenvalue weighted by molar-refractivity contribution is -0.128. The number of urea groups is 2. The van der Waals surface area contributed by atoms with Gasteiger partial charge in [0.2, 0.25) is 11.8 Å². The second-order valence-electron chi connectivity index (χ2n) is 9.36. The SMILES string of the molecule is O=C1CCCCCN1C(=O)NCCCCCCCCCCCNC(=O)N1CCCCCC1=O. The largest absolute Gasteiger partial charge is 0.338 e. The van der Waals surface area contributed by atoms with Crippen molar-refractivity contribution < 1.29 is 19.2 Å². The summed E-state index contributed by atoms with van der Waals surface area (Å²) < 4.78 is 0. The predicted octanol–water partition coefficient (Wildman–Crippen LogP) is 4.72. The van der Waals surface area contributed by atoms with Crippen molar-refractivity contribution in [3.05, 3.63) is 0 Å². The average molecular weight is 465 g/mol. The minimum Gasteiger partial charge on any atom is -0.338 e. The Hall–Kier alpha value is -2.12. The third-order valence-corrected chi connectivity index (χ3v) is 6.54. The number of carbonyl (C=O) groups is 4. The van der Waals surface area contributed by atoms with Gasteiger partial charge in [0.05, 0.1) is 0 Å². The lowest BCUT2D eigenvalue weighted by Gasteiger charge is -2.19. The van der Waals surface area contributed by atoms with Crippen molar-refractivity contribution in [1.29, 1.82) is 0 Å². The van der Waals surface area contributed by atoms with Gasteiger partial charge >= 0.3 is 12.1 Å². The van der Waals surface area contributed by atoms with Crippen molar-refractivity contribution in [2.75, 3.05) is 26.2 Å². The number of nitrogens with zero attached hydrogens (tertiary/aromatic N) is 2. The van der Waals surface area contributed by atoms with Gasteiger partial charge < -0.3 is 10.6 Å². The Balaban J connectivity index is 1.36. The quantitative estimate of drug-likeness (QED) is 0.408. The minimum absolute atomic E-state index is 0.0418. The van der Waals surface area contributed by atoms with E-state index in [-0.39, 0.29) is 23.9 Å². The summed E-state index contributed by atoms with van der Waals surface area (Å²) in [4.78, 5) is 50.9. The molecule has 0 unspecified atom stereocenters. The highest BCUT2D eigenvalue weighted by atomic mass is 16.2. The van der Waals surface area contributed by atoms with Gasteiger partial charge in [-0.3, -0.25) is 19.4 Å². The molecule has 2 heterocycles. The third kappa shape index (κ3) is 11.0. The van der Waals surface area contributed by atoms with Crippen LogP contribution in [0.2, 0.25) is 0 Å². The fraction of sp³-hybridized carbons (Fsp3) is 0.840. The maximum absolute atomic E-state index is 12.1. The molecule has 2 fully saturated rings. The first kappa shape index (κ1) is 27.1. The first-order chi connectivity index (χ1) is 16.1. The van der Waals surface area contributed by atoms with Gasteiger partial charge in [-0.1, -0.05) is 57.8 Å². The van der Waals surface area contributed by atoms with Crippen LogP contribution in [0.3, 0.4) is 0 Å². The molecule has 2 N–H and O–H groups in total. The van der Waals surface area contributed by atoms with E-state index >= 15 is 0 Å². The molecule has 0 radical (unpaired) electrons. The molecule has 188 valence electrons. The van der Waals surface area contributed by atoms with Crippen LogP contribution in [-0.4, -0.2) is 59.9 Å². The van der Waals surface area contributed by atoms with E-state index in [0.717, 1.165) is 64.2 Å². The number of unbranched alkanes of at least 4 members (excludes halogenated alkanes) is 8. The van der Waals surface area contributed by atoms with Crippen LogP contribution in [0.25, 0.3) is 0 Å². The number of rotatable bonds is 12. The molecule has 33 heavy (non-hydrogen) atoms. The maximum Gasteiger partial charge on any atom is 0.324 e. The number of amides is 6. The van der Waals surface area contributed by atoms with Crippen molar-refractivity contribution in [3.63, 3.8) is 0 Å². The molecule has 0 atom stereocenters. The van der Waals surface area contributed by atoms with E-state index in [2.05, 4.69) is 10.6 Å². The topological polar surface area (TPSA) is 98.8 Å². The van der Waals surface area contributed by atoms with Crippen molar-refractivity contribution in [2.24, 2.45) is 0 Å². The molecule has 0 aromatic heterocycles. The average Bonchev–Trinajstić information content (AvgIpc) is 3.16. The van der Waals surface area contributed by atoms with E-state index in [1.807, 2.05) is 0 Å². The van der Waals surface area contributed by atoms with Crippen LogP contribution in [-0.2, 0) is 9.59 Å². The molecule has 2 aliphatic rings. The zero-order chi connectivity index (χ0) is 23.7. The van der Waals surface area contributed by atoms with Crippen LogP contribution < -0.4 is 10.6 Å². The molecule has 2 rings (SSSR count). The van der Waals surface area contributed by atoms with Crippen molar-refractivity contribution in [2.45, 2.75) is 109 Å². The Morgan fingerprint density at radius 2 is 0.909 bits per heavy atom. The minimum atomic E-state index is -0.226. The van der Waals surface area contributed by atoms with E-state index in [1.165, 1.54) is 41.9 Å². The van der Waals surface area contributed by atoms with E-state index in [1.54, 1.807) is 0 Å². The molecule has 6 amide bonds. The molecule has 8 heteroatoms. The van der Waals surface area contributed by atoms with E-state index in [0.29, 0.717) is 39.0 Å². The predicted molar refractivity (Wildman–Crippen MR) is 129 cm³/mol. The molecular formula is C25H44N4O4. The number of nitrogens with one attached hydrogen (secondary N) is 2. The lowest BCUT2D eigenvalue weighted by Crippen LogP contribution is -2.43. The van der Waals surface area contributed by atoms with E-state index in [9.17, 15) is 19.2 Å². The van der Waals surface area contributed by atoms with Crippen LogP contribution >= 0.6 is 0 Å². The van der Waals surface area contributed by atoms with Crippen LogP contribution in [0.15, 0.2) is 0 Å². The Morgan fingerprint density at radius 3 is 1.30 bits per heavy atom. The Kier molecular flexibility index (Phi) is 13.6. The first-order valence-corrected chi connectivity index (χ1v) is 13.3. The number of likely N-dealkylation sites (tertiary alicyclic amines) is 2. The Bertz CT molecular complexity index is 574. The van der Waals surface area contributed by atoms with Gasteiger partial charge in [0.1, 0.15) is 0 Å². The van der Waals surface area contributed by atoms with E-state index in [4.69, 9.17) is 0 Å². The number of imide groups is 2. The van der Waals surface area contributed by atoms with Crippen LogP contribution in [0, 0.1) is 0 Å². The molecule has 0 spiro atoms. The summed E-state index contributed by atoms with van der Waals surface area (Å²) >= 11 is 0. The van der Waals surface area contributed by atoms with Gasteiger partial charge in [-0.25, -0.2) is 9.59 Å². The molecule has 0 saturated carbocycles. The van der Waals surface area contributed by atoms with Gasteiger partial charge in [-0.2, -0.15) is 0 Å². The smallest absolute Gasteiger partial charge is 0.324 e. The highest BCUT2D eigenvalue weighted by Crippen LogP contribution is 2.13. The van der Waals surface area contributed by atoms with Gasteiger partial charge in [0.25, 0.3) is 0 Å². The molecule has 0 aliphatic carbocycles. The Morgan fingerprint density at radius 1 is 0.545 bits per heavy atom. The summed E-state index contributed by atoms with van der Waals surface area (Å²) in [5.41, 5.74) is 0.